The Bertz CT molecular complexity index is 443. The third kappa shape index (κ3) is 5.04. The van der Waals surface area contributed by atoms with Gasteiger partial charge in [0.05, 0.1) is 18.8 Å². The fraction of sp³-hybridized carbons (Fsp3) is 0.636. The molecule has 0 aliphatic heterocycles. The molecule has 4 N–H and O–H groups in total. The predicted octanol–water partition coefficient (Wildman–Crippen LogP) is -0.534. The van der Waals surface area contributed by atoms with E-state index >= 15 is 0 Å². The van der Waals surface area contributed by atoms with Crippen LogP contribution in [0, 0.1) is 5.92 Å². The van der Waals surface area contributed by atoms with E-state index in [1.807, 2.05) is 13.8 Å². The molecule has 0 aliphatic rings. The number of nitrogens with two attached hydrogens (primary N) is 1. The summed E-state index contributed by atoms with van der Waals surface area (Å²) in [7, 11) is 0. The van der Waals surface area contributed by atoms with Crippen molar-refractivity contribution in [2.24, 2.45) is 11.7 Å². The van der Waals surface area contributed by atoms with Gasteiger partial charge in [-0.15, -0.1) is 5.10 Å². The lowest BCUT2D eigenvalue weighted by Gasteiger charge is -2.13. The zero-order valence-corrected chi connectivity index (χ0v) is 11.0. The molecule has 1 heterocycles. The molecular formula is C11H19N5O3. The van der Waals surface area contributed by atoms with Crippen molar-refractivity contribution < 1.29 is 14.7 Å². The van der Waals surface area contributed by atoms with Crippen molar-refractivity contribution in [1.29, 1.82) is 0 Å². The molecule has 1 amide bonds. The average molecular weight is 269 g/mol. The third-order valence-corrected chi connectivity index (χ3v) is 2.46. The first-order valence-electron chi connectivity index (χ1n) is 6.07. The summed E-state index contributed by atoms with van der Waals surface area (Å²) in [6, 6.07) is -0.523. The summed E-state index contributed by atoms with van der Waals surface area (Å²) >= 11 is 0. The van der Waals surface area contributed by atoms with Gasteiger partial charge in [0.25, 0.3) is 0 Å². The van der Waals surface area contributed by atoms with Crippen molar-refractivity contribution in [3.63, 3.8) is 0 Å². The van der Waals surface area contributed by atoms with Gasteiger partial charge >= 0.3 is 5.97 Å². The lowest BCUT2D eigenvalue weighted by molar-refractivity contribution is -0.122. The van der Waals surface area contributed by atoms with E-state index in [9.17, 15) is 9.59 Å². The standard InChI is InChI=1S/C11H19N5O3/c1-7(2)5-8(12)10(17)13-3-4-16-6-9(11(18)19)14-15-16/h6-8H,3-5,12H2,1-2H3,(H,13,17)(H,18,19)/t8-/m0/s1. The molecule has 0 aliphatic carbocycles. The number of hydrogen-bond donors (Lipinski definition) is 3. The Morgan fingerprint density at radius 1 is 1.53 bits per heavy atom. The third-order valence-electron chi connectivity index (χ3n) is 2.46. The number of nitrogens with zero attached hydrogens (tertiary/aromatic N) is 3. The average Bonchev–Trinajstić information content (AvgIpc) is 2.76. The smallest absolute Gasteiger partial charge is 0.358 e. The van der Waals surface area contributed by atoms with Gasteiger partial charge in [-0.05, 0) is 12.3 Å². The minimum absolute atomic E-state index is 0.122. The van der Waals surface area contributed by atoms with Crippen LogP contribution in [0.4, 0.5) is 0 Å². The van der Waals surface area contributed by atoms with Gasteiger partial charge in [0.2, 0.25) is 5.91 Å². The van der Waals surface area contributed by atoms with Crippen LogP contribution in [0.2, 0.25) is 0 Å². The highest BCUT2D eigenvalue weighted by Gasteiger charge is 2.14. The number of rotatable bonds is 7. The maximum absolute atomic E-state index is 11.6. The molecule has 0 saturated heterocycles. The molecule has 0 saturated carbocycles. The number of carboxylic acid groups (broad SMARTS) is 1. The van der Waals surface area contributed by atoms with Crippen molar-refractivity contribution in [2.45, 2.75) is 32.9 Å². The van der Waals surface area contributed by atoms with Crippen molar-refractivity contribution in [3.05, 3.63) is 11.9 Å². The summed E-state index contributed by atoms with van der Waals surface area (Å²) in [6.07, 6.45) is 1.93. The van der Waals surface area contributed by atoms with Gasteiger partial charge in [-0.25, -0.2) is 9.48 Å². The number of carbonyl (C=O) groups is 2. The Labute approximate surface area is 111 Å². The number of carbonyl (C=O) groups excluding carboxylic acids is 1. The lowest BCUT2D eigenvalue weighted by Crippen LogP contribution is -2.42. The fourth-order valence-corrected chi connectivity index (χ4v) is 1.55. The molecule has 8 heteroatoms. The van der Waals surface area contributed by atoms with E-state index in [2.05, 4.69) is 15.6 Å². The van der Waals surface area contributed by atoms with Crippen LogP contribution in [0.25, 0.3) is 0 Å². The molecule has 0 fully saturated rings. The van der Waals surface area contributed by atoms with Gasteiger partial charge in [0.1, 0.15) is 0 Å². The van der Waals surface area contributed by atoms with Crippen LogP contribution in [-0.4, -0.2) is 44.6 Å². The number of hydrogen-bond acceptors (Lipinski definition) is 5. The summed E-state index contributed by atoms with van der Waals surface area (Å²) in [4.78, 5) is 22.2. The molecule has 0 radical (unpaired) electrons. The summed E-state index contributed by atoms with van der Waals surface area (Å²) in [5, 5.41) is 18.4. The molecule has 1 aromatic rings. The molecular weight excluding hydrogens is 250 g/mol. The highest BCUT2D eigenvalue weighted by atomic mass is 16.4. The number of aromatic carboxylic acids is 1. The van der Waals surface area contributed by atoms with E-state index < -0.39 is 12.0 Å². The minimum Gasteiger partial charge on any atom is -0.476 e. The predicted molar refractivity (Wildman–Crippen MR) is 67.4 cm³/mol. The summed E-state index contributed by atoms with van der Waals surface area (Å²) in [5.41, 5.74) is 5.59. The molecule has 8 nitrogen and oxygen atoms in total. The first kappa shape index (κ1) is 15.1. The van der Waals surface area contributed by atoms with Crippen molar-refractivity contribution in [2.75, 3.05) is 6.54 Å². The summed E-state index contributed by atoms with van der Waals surface area (Å²) in [5.74, 6) is -0.990. The molecule has 0 unspecified atom stereocenters. The largest absolute Gasteiger partial charge is 0.476 e. The topological polar surface area (TPSA) is 123 Å². The minimum atomic E-state index is -1.13. The SMILES string of the molecule is CC(C)C[C@H](N)C(=O)NCCn1cc(C(=O)O)nn1. The Morgan fingerprint density at radius 3 is 2.74 bits per heavy atom. The second-order valence-corrected chi connectivity index (χ2v) is 4.70. The lowest BCUT2D eigenvalue weighted by atomic mass is 10.0. The van der Waals surface area contributed by atoms with E-state index in [0.29, 0.717) is 25.4 Å². The van der Waals surface area contributed by atoms with Gasteiger partial charge in [0.15, 0.2) is 5.69 Å². The molecule has 0 bridgehead atoms. The van der Waals surface area contributed by atoms with E-state index in [1.54, 1.807) is 0 Å². The van der Waals surface area contributed by atoms with Crippen LogP contribution in [0.15, 0.2) is 6.20 Å². The first-order chi connectivity index (χ1) is 8.90. The molecule has 1 atom stereocenters. The van der Waals surface area contributed by atoms with E-state index in [0.717, 1.165) is 0 Å². The van der Waals surface area contributed by atoms with Crippen LogP contribution in [0.1, 0.15) is 30.8 Å². The van der Waals surface area contributed by atoms with Gasteiger partial charge in [0, 0.05) is 6.54 Å². The molecule has 0 spiro atoms. The van der Waals surface area contributed by atoms with Crippen LogP contribution in [0.5, 0.6) is 0 Å². The maximum atomic E-state index is 11.6. The Balaban J connectivity index is 2.33. The highest BCUT2D eigenvalue weighted by molar-refractivity contribution is 5.84. The molecule has 19 heavy (non-hydrogen) atoms. The fourth-order valence-electron chi connectivity index (χ4n) is 1.55. The Kier molecular flexibility index (Phi) is 5.43. The first-order valence-corrected chi connectivity index (χ1v) is 6.07. The van der Waals surface area contributed by atoms with Gasteiger partial charge in [-0.1, -0.05) is 19.1 Å². The van der Waals surface area contributed by atoms with Gasteiger partial charge < -0.3 is 16.2 Å². The van der Waals surface area contributed by atoms with E-state index in [1.165, 1.54) is 10.9 Å². The van der Waals surface area contributed by atoms with Crippen molar-refractivity contribution in [1.82, 2.24) is 20.3 Å². The zero-order valence-electron chi connectivity index (χ0n) is 11.0. The van der Waals surface area contributed by atoms with Crippen LogP contribution >= 0.6 is 0 Å². The van der Waals surface area contributed by atoms with Crippen LogP contribution in [0.3, 0.4) is 0 Å². The molecule has 106 valence electrons. The monoisotopic (exact) mass is 269 g/mol. The molecule has 1 aromatic heterocycles. The highest BCUT2D eigenvalue weighted by Crippen LogP contribution is 2.02. The molecule has 1 rings (SSSR count). The summed E-state index contributed by atoms with van der Waals surface area (Å²) < 4.78 is 1.36. The number of amides is 1. The van der Waals surface area contributed by atoms with E-state index in [-0.39, 0.29) is 11.6 Å². The van der Waals surface area contributed by atoms with E-state index in [4.69, 9.17) is 10.8 Å². The van der Waals surface area contributed by atoms with Crippen LogP contribution < -0.4 is 11.1 Å². The van der Waals surface area contributed by atoms with Gasteiger partial charge in [-0.3, -0.25) is 4.79 Å². The number of nitrogens with one attached hydrogen (secondary N) is 1. The van der Waals surface area contributed by atoms with Gasteiger partial charge in [-0.2, -0.15) is 0 Å². The number of aromatic nitrogens is 3. The van der Waals surface area contributed by atoms with Crippen LogP contribution in [-0.2, 0) is 11.3 Å². The maximum Gasteiger partial charge on any atom is 0.358 e. The zero-order chi connectivity index (χ0) is 14.4. The second kappa shape index (κ2) is 6.83. The normalized spacial score (nSPS) is 12.4. The van der Waals surface area contributed by atoms with Crippen molar-refractivity contribution >= 4 is 11.9 Å². The van der Waals surface area contributed by atoms with Crippen molar-refractivity contribution in [3.8, 4) is 0 Å². The number of carboxylic acids is 1. The Morgan fingerprint density at radius 2 is 2.21 bits per heavy atom. The second-order valence-electron chi connectivity index (χ2n) is 4.70. The quantitative estimate of drug-likeness (QED) is 0.611. The summed E-state index contributed by atoms with van der Waals surface area (Å²) in [6.45, 7) is 4.67. The Hall–Kier alpha value is -1.96. The molecule has 0 aromatic carbocycles.